The molecule has 0 atom stereocenters. The van der Waals surface area contributed by atoms with Gasteiger partial charge < -0.3 is 44.4 Å². The maximum atomic E-state index is 10.8. The summed E-state index contributed by atoms with van der Waals surface area (Å²) < 4.78 is 14.4. The second kappa shape index (κ2) is 15.0. The second-order valence-corrected chi connectivity index (χ2v) is 4.19. The topological polar surface area (TPSA) is 273 Å². The van der Waals surface area contributed by atoms with Gasteiger partial charge in [0.15, 0.2) is 5.60 Å². The fourth-order valence-electron chi connectivity index (χ4n) is 1.03. The van der Waals surface area contributed by atoms with E-state index >= 15 is 0 Å². The number of phosphoric ester groups is 1. The molecule has 0 radical (unpaired) electrons. The van der Waals surface area contributed by atoms with Crippen molar-refractivity contribution in [1.82, 2.24) is 0 Å². The summed E-state index contributed by atoms with van der Waals surface area (Å²) >= 11 is 0. The van der Waals surface area contributed by atoms with E-state index in [9.17, 15) is 18.9 Å². The van der Waals surface area contributed by atoms with E-state index in [1.54, 1.807) is 0 Å². The molecule has 126 valence electrons. The Hall–Kier alpha value is 0.400. The minimum atomic E-state index is -5.36. The largest absolute Gasteiger partial charge is 1.00 e. The van der Waals surface area contributed by atoms with Crippen molar-refractivity contribution in [3.63, 3.8) is 0 Å². The van der Waals surface area contributed by atoms with Crippen LogP contribution in [0.2, 0.25) is 0 Å². The molecule has 0 saturated heterocycles. The molecule has 0 aromatic heterocycles. The SMILES string of the molecule is O.O.O.O=C(O)CC(CC(=O)O)(OP(=O)(O)O)C(=O)O.[H-].[H-].[Na+].[Na+]. The van der Waals surface area contributed by atoms with Gasteiger partial charge in [-0.05, 0) is 0 Å². The molecule has 0 aromatic carbocycles. The van der Waals surface area contributed by atoms with Gasteiger partial charge in [-0.15, -0.1) is 0 Å². The van der Waals surface area contributed by atoms with Crippen molar-refractivity contribution in [1.29, 1.82) is 0 Å². The number of carbonyl (C=O) groups is 3. The van der Waals surface area contributed by atoms with E-state index in [0.717, 1.165) is 0 Å². The third kappa shape index (κ3) is 15.3. The Bertz CT molecular complexity index is 386. The van der Waals surface area contributed by atoms with Crippen LogP contribution in [0.15, 0.2) is 0 Å². The number of hydrogen-bond donors (Lipinski definition) is 5. The summed E-state index contributed by atoms with van der Waals surface area (Å²) in [4.78, 5) is 48.5. The first kappa shape index (κ1) is 38.1. The zero-order valence-corrected chi connectivity index (χ0v) is 16.5. The minimum absolute atomic E-state index is 0. The van der Waals surface area contributed by atoms with E-state index in [0.29, 0.717) is 0 Å². The Morgan fingerprint density at radius 1 is 0.909 bits per heavy atom. The van der Waals surface area contributed by atoms with Gasteiger partial charge in [0.25, 0.3) is 0 Å². The van der Waals surface area contributed by atoms with Crippen molar-refractivity contribution in [3.05, 3.63) is 0 Å². The van der Waals surface area contributed by atoms with Gasteiger partial charge >= 0.3 is 84.8 Å². The summed E-state index contributed by atoms with van der Waals surface area (Å²) in [6.45, 7) is 0. The molecule has 22 heavy (non-hydrogen) atoms. The van der Waals surface area contributed by atoms with Crippen LogP contribution in [0.25, 0.3) is 0 Å². The molecule has 0 rings (SSSR count). The van der Waals surface area contributed by atoms with Crippen LogP contribution >= 0.6 is 7.82 Å². The normalized spacial score (nSPS) is 9.36. The van der Waals surface area contributed by atoms with E-state index in [-0.39, 0.29) is 78.4 Å². The molecule has 0 aliphatic rings. The van der Waals surface area contributed by atoms with Crippen molar-refractivity contribution in [2.75, 3.05) is 0 Å². The molecule has 0 heterocycles. The van der Waals surface area contributed by atoms with Gasteiger partial charge in [0, 0.05) is 0 Å². The Labute approximate surface area is 170 Å². The monoisotopic (exact) mass is 374 g/mol. The van der Waals surface area contributed by atoms with Crippen LogP contribution in [-0.2, 0) is 23.5 Å². The predicted octanol–water partition coefficient (Wildman–Crippen LogP) is -9.37. The fourth-order valence-corrected chi connectivity index (χ4v) is 1.70. The number of aliphatic carboxylic acids is 3. The van der Waals surface area contributed by atoms with Gasteiger partial charge in [-0.2, -0.15) is 0 Å². The molecule has 16 heteroatoms. The van der Waals surface area contributed by atoms with Gasteiger partial charge in [-0.1, -0.05) is 0 Å². The number of carboxylic acid groups (broad SMARTS) is 3. The zero-order valence-electron chi connectivity index (χ0n) is 13.6. The number of phosphoric acid groups is 1. The molecule has 0 aliphatic heterocycles. The summed E-state index contributed by atoms with van der Waals surface area (Å²) in [5.74, 6) is -5.64. The number of hydrogen-bond acceptors (Lipinski definition) is 5. The third-order valence-corrected chi connectivity index (χ3v) is 2.14. The number of rotatable bonds is 7. The van der Waals surface area contributed by atoms with E-state index < -0.39 is 44.2 Å². The molecule has 0 aromatic rings. The van der Waals surface area contributed by atoms with Gasteiger partial charge in [0.2, 0.25) is 0 Å². The molecule has 0 fully saturated rings. The molecule has 0 unspecified atom stereocenters. The molecular weight excluding hydrogens is 357 g/mol. The van der Waals surface area contributed by atoms with Crippen LogP contribution in [0.1, 0.15) is 15.7 Å². The van der Waals surface area contributed by atoms with Crippen LogP contribution in [0.5, 0.6) is 0 Å². The average Bonchev–Trinajstić information content (AvgIpc) is 1.96. The van der Waals surface area contributed by atoms with Gasteiger partial charge in [-0.3, -0.25) is 14.1 Å². The first-order valence-electron chi connectivity index (χ1n) is 3.92. The fraction of sp³-hybridized carbons (Fsp3) is 0.500. The van der Waals surface area contributed by atoms with Gasteiger partial charge in [0.1, 0.15) is 0 Å². The van der Waals surface area contributed by atoms with Gasteiger partial charge in [0.05, 0.1) is 12.8 Å². The average molecular weight is 374 g/mol. The van der Waals surface area contributed by atoms with Crippen molar-refractivity contribution >= 4 is 25.7 Å². The molecule has 11 N–H and O–H groups in total. The molecule has 0 bridgehead atoms. The Morgan fingerprint density at radius 2 is 1.18 bits per heavy atom. The van der Waals surface area contributed by atoms with Crippen molar-refractivity contribution in [2.45, 2.75) is 18.4 Å². The smallest absolute Gasteiger partial charge is 1.00 e. The van der Waals surface area contributed by atoms with Gasteiger partial charge in [-0.25, -0.2) is 9.36 Å². The molecule has 0 spiro atoms. The molecule has 0 aliphatic carbocycles. The Kier molecular flexibility index (Phi) is 25.9. The quantitative estimate of drug-likeness (QED) is 0.207. The summed E-state index contributed by atoms with van der Waals surface area (Å²) in [5, 5.41) is 25.5. The van der Waals surface area contributed by atoms with Crippen LogP contribution in [-0.4, -0.2) is 65.0 Å². The second-order valence-electron chi connectivity index (χ2n) is 3.02. The van der Waals surface area contributed by atoms with Crippen molar-refractivity contribution < 1.29 is 127 Å². The summed E-state index contributed by atoms with van der Waals surface area (Å²) in [6, 6.07) is 0. The summed E-state index contributed by atoms with van der Waals surface area (Å²) in [5.41, 5.74) is -3.02. The van der Waals surface area contributed by atoms with E-state index in [1.807, 2.05) is 0 Å². The molecular formula is C6H17Na2O13P. The molecule has 0 saturated carbocycles. The Balaban J connectivity index is -0.0000000610. The van der Waals surface area contributed by atoms with Crippen LogP contribution < -0.4 is 59.1 Å². The maximum Gasteiger partial charge on any atom is 1.00 e. The van der Waals surface area contributed by atoms with Crippen molar-refractivity contribution in [3.8, 4) is 0 Å². The molecule has 0 amide bonds. The minimum Gasteiger partial charge on any atom is -1.00 e. The number of carboxylic acids is 3. The first-order chi connectivity index (χ1) is 7.48. The van der Waals surface area contributed by atoms with E-state index in [4.69, 9.17) is 25.1 Å². The van der Waals surface area contributed by atoms with E-state index in [1.165, 1.54) is 0 Å². The molecule has 13 nitrogen and oxygen atoms in total. The summed E-state index contributed by atoms with van der Waals surface area (Å²) in [6.07, 6.45) is -2.81. The predicted molar refractivity (Wildman–Crippen MR) is 61.1 cm³/mol. The first-order valence-corrected chi connectivity index (χ1v) is 5.45. The standard InChI is InChI=1S/C6H9O10P.2Na.3H2O.2H/c7-3(8)1-6(5(11)12,2-4(9)10)16-17(13,14)15;;;;;;;/h1-2H2,(H,7,8)(H,9,10)(H,11,12)(H2,13,14,15);;;3*1H2;;/q;2*+1;;;;2*-1. The van der Waals surface area contributed by atoms with Crippen LogP contribution in [0, 0.1) is 0 Å². The van der Waals surface area contributed by atoms with E-state index in [2.05, 4.69) is 4.52 Å². The van der Waals surface area contributed by atoms with Crippen LogP contribution in [0.4, 0.5) is 0 Å². The summed E-state index contributed by atoms with van der Waals surface area (Å²) in [7, 11) is -5.36. The zero-order chi connectivity index (χ0) is 13.9. The Morgan fingerprint density at radius 3 is 1.32 bits per heavy atom. The van der Waals surface area contributed by atoms with Crippen molar-refractivity contribution in [2.24, 2.45) is 0 Å². The van der Waals surface area contributed by atoms with Crippen LogP contribution in [0.3, 0.4) is 0 Å². The third-order valence-electron chi connectivity index (χ3n) is 1.56. The maximum absolute atomic E-state index is 10.8.